The fourth-order valence-electron chi connectivity index (χ4n) is 2.01. The summed E-state index contributed by atoms with van der Waals surface area (Å²) in [7, 11) is 0. The lowest BCUT2D eigenvalue weighted by molar-refractivity contribution is 0.648. The number of nitrogens with one attached hydrogen (secondary N) is 2. The van der Waals surface area contributed by atoms with E-state index in [1.54, 1.807) is 11.8 Å². The van der Waals surface area contributed by atoms with E-state index < -0.39 is 0 Å². The molecular weight excluding hydrogens is 254 g/mol. The van der Waals surface area contributed by atoms with Crippen LogP contribution in [-0.2, 0) is 13.0 Å². The molecule has 3 nitrogen and oxygen atoms in total. The summed E-state index contributed by atoms with van der Waals surface area (Å²) in [5.41, 5.74) is 3.86. The lowest BCUT2D eigenvalue weighted by Gasteiger charge is -2.05. The van der Waals surface area contributed by atoms with Crippen molar-refractivity contribution in [3.05, 3.63) is 47.3 Å². The van der Waals surface area contributed by atoms with Crippen LogP contribution in [-0.4, -0.2) is 23.0 Å². The predicted octanol–water partition coefficient (Wildman–Crippen LogP) is 3.16. The van der Waals surface area contributed by atoms with Gasteiger partial charge in [0.1, 0.15) is 0 Å². The first-order valence-corrected chi connectivity index (χ1v) is 7.84. The van der Waals surface area contributed by atoms with Crippen LogP contribution in [0.4, 0.5) is 0 Å². The van der Waals surface area contributed by atoms with Crippen molar-refractivity contribution in [2.75, 3.05) is 12.8 Å². The summed E-state index contributed by atoms with van der Waals surface area (Å²) < 4.78 is 0. The highest BCUT2D eigenvalue weighted by Gasteiger charge is 1.99. The smallest absolute Gasteiger partial charge is 0.0522 e. The second-order valence-corrected chi connectivity index (χ2v) is 5.53. The van der Waals surface area contributed by atoms with Gasteiger partial charge < -0.3 is 5.32 Å². The summed E-state index contributed by atoms with van der Waals surface area (Å²) in [6, 6.07) is 8.74. The molecule has 0 bridgehead atoms. The summed E-state index contributed by atoms with van der Waals surface area (Å²) >= 11 is 1.78. The van der Waals surface area contributed by atoms with Crippen LogP contribution < -0.4 is 5.32 Å². The average molecular weight is 275 g/mol. The third-order valence-corrected chi connectivity index (χ3v) is 3.97. The summed E-state index contributed by atoms with van der Waals surface area (Å²) in [6.07, 6.45) is 6.26. The number of H-pyrrole nitrogens is 1. The minimum absolute atomic E-state index is 0.943. The molecule has 0 atom stereocenters. The van der Waals surface area contributed by atoms with Gasteiger partial charge in [0, 0.05) is 17.1 Å². The number of rotatable bonds is 7. The zero-order valence-electron chi connectivity index (χ0n) is 11.6. The molecule has 2 N–H and O–H groups in total. The third-order valence-electron chi connectivity index (χ3n) is 3.22. The van der Waals surface area contributed by atoms with Crippen molar-refractivity contribution < 1.29 is 0 Å². The summed E-state index contributed by atoms with van der Waals surface area (Å²) in [5, 5.41) is 10.5. The molecule has 102 valence electrons. The summed E-state index contributed by atoms with van der Waals surface area (Å²) in [6.45, 7) is 4.05. The molecule has 0 radical (unpaired) electrons. The Balaban J connectivity index is 1.65. The molecule has 0 fully saturated rings. The second-order valence-electron chi connectivity index (χ2n) is 4.65. The lowest BCUT2D eigenvalue weighted by atomic mass is 10.1. The molecule has 2 aromatic rings. The largest absolute Gasteiger partial charge is 0.313 e. The van der Waals surface area contributed by atoms with E-state index in [0.717, 1.165) is 25.9 Å². The zero-order chi connectivity index (χ0) is 13.5. The van der Waals surface area contributed by atoms with E-state index in [9.17, 15) is 0 Å². The van der Waals surface area contributed by atoms with Crippen LogP contribution >= 0.6 is 11.8 Å². The fraction of sp³-hybridized carbons (Fsp3) is 0.400. The molecule has 0 spiro atoms. The molecule has 4 heteroatoms. The van der Waals surface area contributed by atoms with Crippen molar-refractivity contribution in [1.82, 2.24) is 15.5 Å². The van der Waals surface area contributed by atoms with Gasteiger partial charge in [-0.25, -0.2) is 0 Å². The molecule has 0 saturated carbocycles. The first-order valence-electron chi connectivity index (χ1n) is 6.62. The first kappa shape index (κ1) is 14.2. The van der Waals surface area contributed by atoms with Crippen molar-refractivity contribution in [1.29, 1.82) is 0 Å². The minimum Gasteiger partial charge on any atom is -0.313 e. The van der Waals surface area contributed by atoms with Crippen LogP contribution in [0.25, 0.3) is 0 Å². The number of thioether (sulfide) groups is 1. The zero-order valence-corrected chi connectivity index (χ0v) is 12.4. The Morgan fingerprint density at radius 3 is 2.68 bits per heavy atom. The van der Waals surface area contributed by atoms with Gasteiger partial charge in [-0.1, -0.05) is 12.1 Å². The molecule has 0 unspecified atom stereocenters. The standard InChI is InChI=1S/C15H21N3S/c1-12-14(11-17-18-12)4-3-9-16-10-13-5-7-15(19-2)8-6-13/h5-8,11,16H,3-4,9-10H2,1-2H3,(H,17,18). The van der Waals surface area contributed by atoms with Crippen LogP contribution in [0.1, 0.15) is 23.2 Å². The van der Waals surface area contributed by atoms with E-state index in [0.29, 0.717) is 0 Å². The Morgan fingerprint density at radius 1 is 1.26 bits per heavy atom. The lowest BCUT2D eigenvalue weighted by Crippen LogP contribution is -2.15. The topological polar surface area (TPSA) is 40.7 Å². The first-order chi connectivity index (χ1) is 9.29. The van der Waals surface area contributed by atoms with Crippen molar-refractivity contribution in [2.45, 2.75) is 31.2 Å². The quantitative estimate of drug-likeness (QED) is 0.602. The maximum absolute atomic E-state index is 4.04. The minimum atomic E-state index is 0.943. The Kier molecular flexibility index (Phi) is 5.48. The Morgan fingerprint density at radius 2 is 2.05 bits per heavy atom. The third kappa shape index (κ3) is 4.40. The number of benzene rings is 1. The molecule has 1 aromatic heterocycles. The molecule has 0 aliphatic carbocycles. The number of aryl methyl sites for hydroxylation is 2. The SMILES string of the molecule is CSc1ccc(CNCCCc2cn[nH]c2C)cc1. The van der Waals surface area contributed by atoms with Crippen LogP contribution in [0.15, 0.2) is 35.4 Å². The van der Waals surface area contributed by atoms with E-state index in [4.69, 9.17) is 0 Å². The maximum Gasteiger partial charge on any atom is 0.0522 e. The average Bonchev–Trinajstić information content (AvgIpc) is 2.85. The van der Waals surface area contributed by atoms with Gasteiger partial charge in [0.05, 0.1) is 6.20 Å². The number of aromatic amines is 1. The molecule has 0 saturated heterocycles. The summed E-state index contributed by atoms with van der Waals surface area (Å²) in [4.78, 5) is 1.32. The highest BCUT2D eigenvalue weighted by atomic mass is 32.2. The van der Waals surface area contributed by atoms with Gasteiger partial charge in [0.2, 0.25) is 0 Å². The number of aromatic nitrogens is 2. The van der Waals surface area contributed by atoms with Crippen LogP contribution in [0.3, 0.4) is 0 Å². The summed E-state index contributed by atoms with van der Waals surface area (Å²) in [5.74, 6) is 0. The maximum atomic E-state index is 4.04. The molecule has 1 heterocycles. The number of nitrogens with zero attached hydrogens (tertiary/aromatic N) is 1. The molecule has 0 amide bonds. The normalized spacial score (nSPS) is 10.8. The fourth-order valence-corrected chi connectivity index (χ4v) is 2.42. The van der Waals surface area contributed by atoms with E-state index in [-0.39, 0.29) is 0 Å². The van der Waals surface area contributed by atoms with Crippen molar-refractivity contribution in [2.24, 2.45) is 0 Å². The molecule has 0 aliphatic rings. The van der Waals surface area contributed by atoms with Gasteiger partial charge in [-0.2, -0.15) is 5.10 Å². The monoisotopic (exact) mass is 275 g/mol. The highest BCUT2D eigenvalue weighted by molar-refractivity contribution is 7.98. The van der Waals surface area contributed by atoms with Crippen LogP contribution in [0, 0.1) is 6.92 Å². The van der Waals surface area contributed by atoms with Gasteiger partial charge in [-0.3, -0.25) is 5.10 Å². The van der Waals surface area contributed by atoms with Crippen LogP contribution in [0.2, 0.25) is 0 Å². The highest BCUT2D eigenvalue weighted by Crippen LogP contribution is 2.14. The molecule has 19 heavy (non-hydrogen) atoms. The number of hydrogen-bond acceptors (Lipinski definition) is 3. The van der Waals surface area contributed by atoms with E-state index in [1.807, 2.05) is 6.20 Å². The molecular formula is C15H21N3S. The van der Waals surface area contributed by atoms with Gasteiger partial charge in [-0.05, 0) is 55.8 Å². The van der Waals surface area contributed by atoms with E-state index in [1.165, 1.54) is 21.7 Å². The van der Waals surface area contributed by atoms with Crippen molar-refractivity contribution in [3.63, 3.8) is 0 Å². The Labute approximate surface area is 119 Å². The van der Waals surface area contributed by atoms with Gasteiger partial charge in [-0.15, -0.1) is 11.8 Å². The van der Waals surface area contributed by atoms with Gasteiger partial charge in [0.25, 0.3) is 0 Å². The molecule has 0 aliphatic heterocycles. The van der Waals surface area contributed by atoms with Crippen LogP contribution in [0.5, 0.6) is 0 Å². The molecule has 2 rings (SSSR count). The second kappa shape index (κ2) is 7.36. The Hall–Kier alpha value is -1.26. The Bertz CT molecular complexity index is 490. The van der Waals surface area contributed by atoms with E-state index >= 15 is 0 Å². The van der Waals surface area contributed by atoms with E-state index in [2.05, 4.69) is 53.0 Å². The molecule has 1 aromatic carbocycles. The van der Waals surface area contributed by atoms with Gasteiger partial charge >= 0.3 is 0 Å². The number of hydrogen-bond donors (Lipinski definition) is 2. The van der Waals surface area contributed by atoms with Crippen molar-refractivity contribution >= 4 is 11.8 Å². The van der Waals surface area contributed by atoms with Gasteiger partial charge in [0.15, 0.2) is 0 Å². The predicted molar refractivity (Wildman–Crippen MR) is 81.6 cm³/mol. The van der Waals surface area contributed by atoms with Crippen molar-refractivity contribution in [3.8, 4) is 0 Å².